The van der Waals surface area contributed by atoms with Gasteiger partial charge in [-0.1, -0.05) is 29.8 Å². The van der Waals surface area contributed by atoms with Crippen LogP contribution in [0.3, 0.4) is 0 Å². The van der Waals surface area contributed by atoms with E-state index in [-0.39, 0.29) is 34.3 Å². The molecular formula is C19H14ClN3O4. The van der Waals surface area contributed by atoms with Crippen molar-refractivity contribution in [1.82, 2.24) is 4.98 Å². The number of amides is 1. The van der Waals surface area contributed by atoms with Crippen molar-refractivity contribution in [2.24, 2.45) is 0 Å². The number of carbonyl (C=O) groups is 1. The van der Waals surface area contributed by atoms with Crippen LogP contribution in [0.4, 0.5) is 11.4 Å². The predicted octanol–water partition coefficient (Wildman–Crippen LogP) is 4.20. The highest BCUT2D eigenvalue weighted by Gasteiger charge is 2.24. The monoisotopic (exact) mass is 383 g/mol. The van der Waals surface area contributed by atoms with E-state index in [9.17, 15) is 20.0 Å². The maximum absolute atomic E-state index is 13.1. The lowest BCUT2D eigenvalue weighted by Crippen LogP contribution is -2.31. The van der Waals surface area contributed by atoms with Crippen LogP contribution in [0.25, 0.3) is 0 Å². The molecule has 0 atom stereocenters. The number of anilines is 1. The fourth-order valence-corrected chi connectivity index (χ4v) is 2.74. The third kappa shape index (κ3) is 4.04. The number of benzene rings is 2. The number of halogens is 1. The Morgan fingerprint density at radius 3 is 2.56 bits per heavy atom. The number of para-hydroxylation sites is 2. The average Bonchev–Trinajstić information content (AvgIpc) is 2.67. The highest BCUT2D eigenvalue weighted by atomic mass is 35.5. The first-order chi connectivity index (χ1) is 13.0. The lowest BCUT2D eigenvalue weighted by Gasteiger charge is -2.23. The van der Waals surface area contributed by atoms with Crippen LogP contribution in [-0.2, 0) is 6.54 Å². The molecule has 0 saturated carbocycles. The number of nitro benzene ring substituents is 1. The summed E-state index contributed by atoms with van der Waals surface area (Å²) < 4.78 is 0. The smallest absolute Gasteiger partial charge is 0.288 e. The van der Waals surface area contributed by atoms with Crippen molar-refractivity contribution in [1.29, 1.82) is 0 Å². The number of pyridine rings is 1. The predicted molar refractivity (Wildman–Crippen MR) is 101 cm³/mol. The second-order valence-corrected chi connectivity index (χ2v) is 6.03. The zero-order valence-corrected chi connectivity index (χ0v) is 14.7. The van der Waals surface area contributed by atoms with Gasteiger partial charge < -0.3 is 5.11 Å². The van der Waals surface area contributed by atoms with Crippen LogP contribution in [0.15, 0.2) is 66.9 Å². The molecule has 0 aliphatic carbocycles. The van der Waals surface area contributed by atoms with Crippen LogP contribution in [-0.4, -0.2) is 20.9 Å². The fourth-order valence-electron chi connectivity index (χ4n) is 2.55. The Balaban J connectivity index is 2.05. The van der Waals surface area contributed by atoms with Gasteiger partial charge in [-0.25, -0.2) is 0 Å². The Morgan fingerprint density at radius 2 is 1.89 bits per heavy atom. The summed E-state index contributed by atoms with van der Waals surface area (Å²) in [6, 6.07) is 15.5. The number of nitrogens with zero attached hydrogens (tertiary/aromatic N) is 3. The van der Waals surface area contributed by atoms with Gasteiger partial charge in [-0.15, -0.1) is 0 Å². The number of nitro groups is 1. The van der Waals surface area contributed by atoms with Crippen molar-refractivity contribution in [3.63, 3.8) is 0 Å². The number of aromatic nitrogens is 1. The Hall–Kier alpha value is -3.45. The Labute approximate surface area is 159 Å². The zero-order chi connectivity index (χ0) is 19.4. The van der Waals surface area contributed by atoms with E-state index in [0.717, 1.165) is 6.07 Å². The molecule has 0 spiro atoms. The van der Waals surface area contributed by atoms with Gasteiger partial charge in [0.05, 0.1) is 22.8 Å². The number of aromatic hydroxyl groups is 1. The van der Waals surface area contributed by atoms with Crippen LogP contribution in [0.2, 0.25) is 5.02 Å². The number of rotatable bonds is 5. The van der Waals surface area contributed by atoms with Crippen LogP contribution < -0.4 is 4.90 Å². The molecule has 1 amide bonds. The number of phenols is 1. The van der Waals surface area contributed by atoms with Gasteiger partial charge >= 0.3 is 0 Å². The van der Waals surface area contributed by atoms with Crippen LogP contribution in [0.1, 0.15) is 16.1 Å². The number of hydrogen-bond donors (Lipinski definition) is 1. The largest absolute Gasteiger partial charge is 0.506 e. The standard InChI is InChI=1S/C19H14ClN3O4/c20-15-9-8-13(11-17(15)23(26)27)19(25)22(12-14-5-3-4-10-21-14)16-6-1-2-7-18(16)24/h1-11,24H,12H2. The van der Waals surface area contributed by atoms with Crippen molar-refractivity contribution in [2.45, 2.75) is 6.54 Å². The van der Waals surface area contributed by atoms with Gasteiger partial charge in [-0.05, 0) is 36.4 Å². The molecule has 2 aromatic carbocycles. The van der Waals surface area contributed by atoms with Gasteiger partial charge in [0.15, 0.2) is 0 Å². The minimum Gasteiger partial charge on any atom is -0.506 e. The minimum absolute atomic E-state index is 0.0598. The first-order valence-electron chi connectivity index (χ1n) is 7.91. The molecule has 8 heteroatoms. The van der Waals surface area contributed by atoms with Crippen molar-refractivity contribution in [2.75, 3.05) is 4.90 Å². The van der Waals surface area contributed by atoms with Gasteiger partial charge in [0.2, 0.25) is 0 Å². The maximum atomic E-state index is 13.1. The summed E-state index contributed by atoms with van der Waals surface area (Å²) in [7, 11) is 0. The second kappa shape index (κ2) is 7.84. The van der Waals surface area contributed by atoms with Gasteiger partial charge in [0.25, 0.3) is 11.6 Å². The summed E-state index contributed by atoms with van der Waals surface area (Å²) in [5.41, 5.74) is 0.575. The molecule has 136 valence electrons. The van der Waals surface area contributed by atoms with Crippen molar-refractivity contribution < 1.29 is 14.8 Å². The summed E-state index contributed by atoms with van der Waals surface area (Å²) in [4.78, 5) is 29.1. The molecule has 1 aromatic heterocycles. The maximum Gasteiger partial charge on any atom is 0.288 e. The van der Waals surface area contributed by atoms with E-state index in [1.54, 1.807) is 42.6 Å². The van der Waals surface area contributed by atoms with E-state index in [2.05, 4.69) is 4.98 Å². The molecular weight excluding hydrogens is 370 g/mol. The lowest BCUT2D eigenvalue weighted by atomic mass is 10.1. The highest BCUT2D eigenvalue weighted by Crippen LogP contribution is 2.31. The van der Waals surface area contributed by atoms with E-state index in [1.165, 1.54) is 23.1 Å². The van der Waals surface area contributed by atoms with E-state index >= 15 is 0 Å². The lowest BCUT2D eigenvalue weighted by molar-refractivity contribution is -0.384. The first kappa shape index (κ1) is 18.3. The van der Waals surface area contributed by atoms with E-state index < -0.39 is 10.8 Å². The summed E-state index contributed by atoms with van der Waals surface area (Å²) in [5.74, 6) is -0.618. The van der Waals surface area contributed by atoms with Crippen LogP contribution >= 0.6 is 11.6 Å². The molecule has 7 nitrogen and oxygen atoms in total. The second-order valence-electron chi connectivity index (χ2n) is 5.62. The summed E-state index contributed by atoms with van der Waals surface area (Å²) in [5, 5.41) is 21.3. The van der Waals surface area contributed by atoms with Crippen molar-refractivity contribution >= 4 is 28.9 Å². The zero-order valence-electron chi connectivity index (χ0n) is 13.9. The Bertz CT molecular complexity index is 995. The topological polar surface area (TPSA) is 96.6 Å². The molecule has 3 aromatic rings. The van der Waals surface area contributed by atoms with Gasteiger partial charge in [0, 0.05) is 17.8 Å². The molecule has 0 radical (unpaired) electrons. The number of hydrogen-bond acceptors (Lipinski definition) is 5. The average molecular weight is 384 g/mol. The van der Waals surface area contributed by atoms with E-state index in [0.29, 0.717) is 5.69 Å². The molecule has 0 aliphatic heterocycles. The van der Waals surface area contributed by atoms with Crippen LogP contribution in [0.5, 0.6) is 5.75 Å². The van der Waals surface area contributed by atoms with E-state index in [1.807, 2.05) is 0 Å². The highest BCUT2D eigenvalue weighted by molar-refractivity contribution is 6.32. The first-order valence-corrected chi connectivity index (χ1v) is 8.29. The molecule has 1 N–H and O–H groups in total. The van der Waals surface area contributed by atoms with Gasteiger partial charge in [-0.3, -0.25) is 24.8 Å². The summed E-state index contributed by atoms with van der Waals surface area (Å²) in [6.45, 7) is 0.0771. The molecule has 1 heterocycles. The molecule has 0 saturated heterocycles. The summed E-state index contributed by atoms with van der Waals surface area (Å²) >= 11 is 5.83. The summed E-state index contributed by atoms with van der Waals surface area (Å²) in [6.07, 6.45) is 1.59. The molecule has 0 fully saturated rings. The SMILES string of the molecule is O=C(c1ccc(Cl)c([N+](=O)[O-])c1)N(Cc1ccccn1)c1ccccc1O. The number of phenolic OH excluding ortho intramolecular Hbond substituents is 1. The van der Waals surface area contributed by atoms with Crippen molar-refractivity contribution in [3.8, 4) is 5.75 Å². The van der Waals surface area contributed by atoms with E-state index in [4.69, 9.17) is 11.6 Å². The van der Waals surface area contributed by atoms with Crippen molar-refractivity contribution in [3.05, 3.63) is 93.3 Å². The van der Waals surface area contributed by atoms with Gasteiger partial charge in [-0.2, -0.15) is 0 Å². The quantitative estimate of drug-likeness (QED) is 0.526. The van der Waals surface area contributed by atoms with Crippen LogP contribution in [0, 0.1) is 10.1 Å². The molecule has 27 heavy (non-hydrogen) atoms. The molecule has 3 rings (SSSR count). The number of carbonyl (C=O) groups excluding carboxylic acids is 1. The molecule has 0 unspecified atom stereocenters. The Kier molecular flexibility index (Phi) is 5.33. The fraction of sp³-hybridized carbons (Fsp3) is 0.0526. The molecule has 0 aliphatic rings. The Morgan fingerprint density at radius 1 is 1.15 bits per heavy atom. The molecule has 0 bridgehead atoms. The third-order valence-corrected chi connectivity index (χ3v) is 4.17. The van der Waals surface area contributed by atoms with Gasteiger partial charge in [0.1, 0.15) is 10.8 Å². The normalized spacial score (nSPS) is 10.4. The third-order valence-electron chi connectivity index (χ3n) is 3.85. The minimum atomic E-state index is -0.651.